The van der Waals surface area contributed by atoms with Gasteiger partial charge in [-0.15, -0.1) is 10.2 Å². The summed E-state index contributed by atoms with van der Waals surface area (Å²) in [4.78, 5) is 12.7. The summed E-state index contributed by atoms with van der Waals surface area (Å²) in [6, 6.07) is 23.8. The molecule has 4 rings (SSSR count). The molecule has 1 amide bonds. The second kappa shape index (κ2) is 13.7. The van der Waals surface area contributed by atoms with Crippen molar-refractivity contribution in [2.45, 2.75) is 44.6 Å². The molecule has 3 aromatic carbocycles. The lowest BCUT2D eigenvalue weighted by molar-refractivity contribution is -0.118. The highest BCUT2D eigenvalue weighted by molar-refractivity contribution is 7.99. The zero-order valence-electron chi connectivity index (χ0n) is 22.7. The largest absolute Gasteiger partial charge is 0.493 e. The van der Waals surface area contributed by atoms with Crippen LogP contribution in [0.3, 0.4) is 0 Å². The summed E-state index contributed by atoms with van der Waals surface area (Å²) in [6.45, 7) is 4.86. The number of aromatic nitrogens is 3. The maximum atomic E-state index is 12.7. The number of aryl methyl sites for hydroxylation is 1. The number of benzene rings is 3. The molecule has 8 nitrogen and oxygen atoms in total. The van der Waals surface area contributed by atoms with Gasteiger partial charge >= 0.3 is 0 Å². The highest BCUT2D eigenvalue weighted by Gasteiger charge is 2.20. The van der Waals surface area contributed by atoms with Crippen LogP contribution in [0.25, 0.3) is 0 Å². The van der Waals surface area contributed by atoms with E-state index < -0.39 is 0 Å². The van der Waals surface area contributed by atoms with E-state index >= 15 is 0 Å². The monoisotopic (exact) mass is 546 g/mol. The SMILES string of the molecule is CCc1ccc(OCc2nnc(SCC(=O)NCc3ccc(OC)c(OC)c3)n2[C@H](C)c2ccccc2)cc1. The lowest BCUT2D eigenvalue weighted by Crippen LogP contribution is -2.25. The Bertz CT molecular complexity index is 1360. The van der Waals surface area contributed by atoms with Crippen LogP contribution in [0, 0.1) is 0 Å². The third-order valence-corrected chi connectivity index (χ3v) is 7.32. The molecule has 1 aromatic heterocycles. The van der Waals surface area contributed by atoms with Gasteiger partial charge in [0, 0.05) is 6.54 Å². The Kier molecular flexibility index (Phi) is 9.85. The van der Waals surface area contributed by atoms with Crippen LogP contribution in [0.5, 0.6) is 17.2 Å². The van der Waals surface area contributed by atoms with Crippen molar-refractivity contribution in [3.05, 3.63) is 95.3 Å². The fraction of sp³-hybridized carbons (Fsp3) is 0.300. The summed E-state index contributed by atoms with van der Waals surface area (Å²) in [7, 11) is 3.18. The fourth-order valence-electron chi connectivity index (χ4n) is 4.12. The number of carbonyl (C=O) groups excluding carboxylic acids is 1. The molecule has 0 saturated carbocycles. The maximum Gasteiger partial charge on any atom is 0.230 e. The van der Waals surface area contributed by atoms with E-state index in [-0.39, 0.29) is 24.3 Å². The Morgan fingerprint density at radius 3 is 2.36 bits per heavy atom. The van der Waals surface area contributed by atoms with Gasteiger partial charge in [0.25, 0.3) is 0 Å². The van der Waals surface area contributed by atoms with Gasteiger partial charge in [0.05, 0.1) is 26.0 Å². The number of carbonyl (C=O) groups is 1. The van der Waals surface area contributed by atoms with Crippen LogP contribution in [-0.4, -0.2) is 40.6 Å². The van der Waals surface area contributed by atoms with Crippen molar-refractivity contribution in [2.75, 3.05) is 20.0 Å². The summed E-state index contributed by atoms with van der Waals surface area (Å²) < 4.78 is 18.7. The average molecular weight is 547 g/mol. The number of hydrogen-bond donors (Lipinski definition) is 1. The molecule has 0 aliphatic heterocycles. The molecule has 1 atom stereocenters. The van der Waals surface area contributed by atoms with E-state index in [0.717, 1.165) is 23.3 Å². The quantitative estimate of drug-likeness (QED) is 0.223. The molecule has 0 unspecified atom stereocenters. The minimum atomic E-state index is -0.106. The van der Waals surface area contributed by atoms with Crippen molar-refractivity contribution >= 4 is 17.7 Å². The standard InChI is InChI=1S/C30H34N4O4S/c1-5-22-11-14-25(15-12-22)38-19-28-32-33-30(34(28)21(2)24-9-7-6-8-10-24)39-20-29(35)31-18-23-13-16-26(36-3)27(17-23)37-4/h6-17,21H,5,18-20H2,1-4H3,(H,31,35)/t21-/m1/s1. The summed E-state index contributed by atoms with van der Waals surface area (Å²) in [6.07, 6.45) is 0.978. The number of nitrogens with zero attached hydrogens (tertiary/aromatic N) is 3. The van der Waals surface area contributed by atoms with E-state index in [0.29, 0.717) is 29.0 Å². The lowest BCUT2D eigenvalue weighted by atomic mass is 10.1. The van der Waals surface area contributed by atoms with Gasteiger partial charge < -0.3 is 19.5 Å². The van der Waals surface area contributed by atoms with Gasteiger partial charge in [0.2, 0.25) is 5.91 Å². The van der Waals surface area contributed by atoms with Gasteiger partial charge in [-0.3, -0.25) is 9.36 Å². The minimum Gasteiger partial charge on any atom is -0.493 e. The number of nitrogens with one attached hydrogen (secondary N) is 1. The van der Waals surface area contributed by atoms with Gasteiger partial charge in [-0.1, -0.05) is 67.2 Å². The van der Waals surface area contributed by atoms with Gasteiger partial charge in [-0.05, 0) is 54.3 Å². The first-order chi connectivity index (χ1) is 19.0. The molecule has 0 aliphatic carbocycles. The van der Waals surface area contributed by atoms with Gasteiger partial charge in [-0.25, -0.2) is 0 Å². The predicted molar refractivity (Wildman–Crippen MR) is 153 cm³/mol. The first kappa shape index (κ1) is 28.0. The topological polar surface area (TPSA) is 87.5 Å². The summed E-state index contributed by atoms with van der Waals surface area (Å²) >= 11 is 1.35. The molecule has 0 aliphatic rings. The third kappa shape index (κ3) is 7.32. The molecular weight excluding hydrogens is 512 g/mol. The molecule has 4 aromatic rings. The predicted octanol–water partition coefficient (Wildman–Crippen LogP) is 5.45. The number of hydrogen-bond acceptors (Lipinski definition) is 7. The maximum absolute atomic E-state index is 12.7. The number of rotatable bonds is 13. The first-order valence-corrected chi connectivity index (χ1v) is 13.8. The Morgan fingerprint density at radius 2 is 1.67 bits per heavy atom. The second-order valence-electron chi connectivity index (χ2n) is 8.90. The molecule has 0 radical (unpaired) electrons. The second-order valence-corrected chi connectivity index (χ2v) is 9.84. The zero-order valence-corrected chi connectivity index (χ0v) is 23.5. The number of amides is 1. The average Bonchev–Trinajstić information content (AvgIpc) is 3.40. The highest BCUT2D eigenvalue weighted by Crippen LogP contribution is 2.28. The van der Waals surface area contributed by atoms with E-state index in [2.05, 4.69) is 53.6 Å². The molecular formula is C30H34N4O4S. The lowest BCUT2D eigenvalue weighted by Gasteiger charge is -2.19. The van der Waals surface area contributed by atoms with Crippen molar-refractivity contribution in [3.63, 3.8) is 0 Å². The Morgan fingerprint density at radius 1 is 0.949 bits per heavy atom. The zero-order chi connectivity index (χ0) is 27.6. The summed E-state index contributed by atoms with van der Waals surface area (Å²) in [5, 5.41) is 12.5. The van der Waals surface area contributed by atoms with E-state index in [9.17, 15) is 4.79 Å². The van der Waals surface area contributed by atoms with Crippen LogP contribution < -0.4 is 19.5 Å². The molecule has 9 heteroatoms. The first-order valence-electron chi connectivity index (χ1n) is 12.8. The molecule has 0 spiro atoms. The highest BCUT2D eigenvalue weighted by atomic mass is 32.2. The van der Waals surface area contributed by atoms with Gasteiger partial charge in [0.15, 0.2) is 22.5 Å². The van der Waals surface area contributed by atoms with Crippen LogP contribution in [0.15, 0.2) is 78.0 Å². The number of methoxy groups -OCH3 is 2. The van der Waals surface area contributed by atoms with Crippen molar-refractivity contribution in [2.24, 2.45) is 0 Å². The van der Waals surface area contributed by atoms with Crippen molar-refractivity contribution < 1.29 is 19.0 Å². The Labute approximate surface area is 233 Å². The molecule has 204 valence electrons. The van der Waals surface area contributed by atoms with E-state index in [4.69, 9.17) is 14.2 Å². The van der Waals surface area contributed by atoms with E-state index in [1.54, 1.807) is 14.2 Å². The van der Waals surface area contributed by atoms with Crippen LogP contribution in [-0.2, 0) is 24.4 Å². The van der Waals surface area contributed by atoms with Crippen molar-refractivity contribution in [1.29, 1.82) is 0 Å². The number of thioether (sulfide) groups is 1. The van der Waals surface area contributed by atoms with Gasteiger partial charge in [-0.2, -0.15) is 0 Å². The molecule has 1 heterocycles. The van der Waals surface area contributed by atoms with Gasteiger partial charge in [0.1, 0.15) is 12.4 Å². The summed E-state index contributed by atoms with van der Waals surface area (Å²) in [5.41, 5.74) is 3.29. The van der Waals surface area contributed by atoms with E-state index in [1.165, 1.54) is 17.3 Å². The smallest absolute Gasteiger partial charge is 0.230 e. The van der Waals surface area contributed by atoms with Crippen molar-refractivity contribution in [3.8, 4) is 17.2 Å². The molecule has 1 N–H and O–H groups in total. The fourth-order valence-corrected chi connectivity index (χ4v) is 4.98. The molecule has 0 saturated heterocycles. The Hall–Kier alpha value is -3.98. The molecule has 0 fully saturated rings. The van der Waals surface area contributed by atoms with Crippen LogP contribution in [0.2, 0.25) is 0 Å². The number of ether oxygens (including phenoxy) is 3. The Balaban J connectivity index is 1.44. The molecule has 39 heavy (non-hydrogen) atoms. The summed E-state index contributed by atoms with van der Waals surface area (Å²) in [5.74, 6) is 2.83. The normalized spacial score (nSPS) is 11.6. The van der Waals surface area contributed by atoms with E-state index in [1.807, 2.05) is 53.1 Å². The molecule has 0 bridgehead atoms. The van der Waals surface area contributed by atoms with Crippen molar-refractivity contribution in [1.82, 2.24) is 20.1 Å². The van der Waals surface area contributed by atoms with Crippen LogP contribution >= 0.6 is 11.8 Å². The third-order valence-electron chi connectivity index (χ3n) is 6.37. The van der Waals surface area contributed by atoms with Crippen LogP contribution in [0.1, 0.15) is 42.4 Å². The van der Waals surface area contributed by atoms with Crippen LogP contribution in [0.4, 0.5) is 0 Å². The minimum absolute atomic E-state index is 0.0420.